The number of likely N-dealkylation sites (N-methyl/N-ethyl adjacent to an activating group) is 1. The van der Waals surface area contributed by atoms with Crippen molar-refractivity contribution in [3.8, 4) is 10.6 Å². The van der Waals surface area contributed by atoms with Gasteiger partial charge in [-0.25, -0.2) is 4.98 Å². The van der Waals surface area contributed by atoms with Crippen molar-refractivity contribution in [1.29, 1.82) is 0 Å². The van der Waals surface area contributed by atoms with Crippen molar-refractivity contribution in [2.75, 3.05) is 46.4 Å². The van der Waals surface area contributed by atoms with Gasteiger partial charge in [-0.3, -0.25) is 9.69 Å². The van der Waals surface area contributed by atoms with Gasteiger partial charge >= 0.3 is 0 Å². The Morgan fingerprint density at radius 1 is 1.20 bits per heavy atom. The SMILES string of the molecule is CC(C)OCCCNC(=O)Cc1csc(-c2ccc(CN3CCN(C)CC3)cc2)n1. The van der Waals surface area contributed by atoms with Gasteiger partial charge in [-0.05, 0) is 32.9 Å². The van der Waals surface area contributed by atoms with Crippen molar-refractivity contribution in [3.05, 3.63) is 40.9 Å². The summed E-state index contributed by atoms with van der Waals surface area (Å²) in [6, 6.07) is 8.67. The molecule has 0 spiro atoms. The molecule has 0 atom stereocenters. The van der Waals surface area contributed by atoms with Gasteiger partial charge in [0.2, 0.25) is 5.91 Å². The lowest BCUT2D eigenvalue weighted by Gasteiger charge is -2.32. The van der Waals surface area contributed by atoms with Crippen molar-refractivity contribution in [1.82, 2.24) is 20.1 Å². The lowest BCUT2D eigenvalue weighted by atomic mass is 10.1. The molecule has 0 radical (unpaired) electrons. The van der Waals surface area contributed by atoms with Crippen molar-refractivity contribution < 1.29 is 9.53 Å². The maximum absolute atomic E-state index is 12.1. The van der Waals surface area contributed by atoms with Crippen molar-refractivity contribution >= 4 is 17.2 Å². The summed E-state index contributed by atoms with van der Waals surface area (Å²) in [7, 11) is 2.18. The van der Waals surface area contributed by atoms with Gasteiger partial charge in [0.25, 0.3) is 0 Å². The molecule has 0 unspecified atom stereocenters. The molecule has 0 saturated carbocycles. The van der Waals surface area contributed by atoms with Gasteiger partial charge < -0.3 is 15.0 Å². The van der Waals surface area contributed by atoms with Crippen molar-refractivity contribution in [2.24, 2.45) is 0 Å². The molecule has 1 aliphatic heterocycles. The molecule has 30 heavy (non-hydrogen) atoms. The number of nitrogens with zero attached hydrogens (tertiary/aromatic N) is 3. The zero-order chi connectivity index (χ0) is 21.3. The van der Waals surface area contributed by atoms with Gasteiger partial charge in [-0.2, -0.15) is 0 Å². The third-order valence-electron chi connectivity index (χ3n) is 5.19. The third kappa shape index (κ3) is 7.47. The molecule has 2 heterocycles. The second-order valence-corrected chi connectivity index (χ2v) is 9.08. The Bertz CT molecular complexity index is 783. The fraction of sp³-hybridized carbons (Fsp3) is 0.565. The quantitative estimate of drug-likeness (QED) is 0.587. The summed E-state index contributed by atoms with van der Waals surface area (Å²) < 4.78 is 5.48. The van der Waals surface area contributed by atoms with Gasteiger partial charge in [0.05, 0.1) is 18.2 Å². The highest BCUT2D eigenvalue weighted by Gasteiger charge is 2.14. The molecule has 0 aliphatic carbocycles. The summed E-state index contributed by atoms with van der Waals surface area (Å²) in [6.07, 6.45) is 1.38. The molecular formula is C23H34N4O2S. The first-order valence-corrected chi connectivity index (χ1v) is 11.7. The van der Waals surface area contributed by atoms with E-state index in [0.717, 1.165) is 55.4 Å². The molecule has 1 amide bonds. The van der Waals surface area contributed by atoms with Crippen LogP contribution in [-0.2, 0) is 22.5 Å². The summed E-state index contributed by atoms with van der Waals surface area (Å²) in [5, 5.41) is 5.89. The van der Waals surface area contributed by atoms with E-state index in [1.807, 2.05) is 19.2 Å². The summed E-state index contributed by atoms with van der Waals surface area (Å²) >= 11 is 1.59. The van der Waals surface area contributed by atoms with Crippen LogP contribution in [-0.4, -0.2) is 73.2 Å². The van der Waals surface area contributed by atoms with Gasteiger partial charge in [0, 0.05) is 56.8 Å². The van der Waals surface area contributed by atoms with Gasteiger partial charge in [-0.15, -0.1) is 11.3 Å². The molecule has 1 saturated heterocycles. The highest BCUT2D eigenvalue weighted by atomic mass is 32.1. The second kappa shape index (κ2) is 11.6. The first kappa shape index (κ1) is 22.9. The first-order valence-electron chi connectivity index (χ1n) is 10.8. The number of rotatable bonds is 10. The molecule has 0 bridgehead atoms. The van der Waals surface area contributed by atoms with E-state index in [-0.39, 0.29) is 12.0 Å². The maximum Gasteiger partial charge on any atom is 0.226 e. The average Bonchev–Trinajstić information content (AvgIpc) is 3.18. The predicted octanol–water partition coefficient (Wildman–Crippen LogP) is 3.03. The number of piperazine rings is 1. The third-order valence-corrected chi connectivity index (χ3v) is 6.13. The number of carbonyl (C=O) groups is 1. The summed E-state index contributed by atoms with van der Waals surface area (Å²) in [5.74, 6) is 0.0129. The van der Waals surface area contributed by atoms with Crippen LogP contribution in [0.1, 0.15) is 31.5 Å². The molecule has 7 heteroatoms. The van der Waals surface area contributed by atoms with Gasteiger partial charge in [-0.1, -0.05) is 24.3 Å². The molecule has 1 fully saturated rings. The second-order valence-electron chi connectivity index (χ2n) is 8.22. The normalized spacial score (nSPS) is 15.6. The minimum absolute atomic E-state index is 0.0129. The van der Waals surface area contributed by atoms with Crippen LogP contribution in [0.25, 0.3) is 10.6 Å². The van der Waals surface area contributed by atoms with E-state index >= 15 is 0 Å². The first-order chi connectivity index (χ1) is 14.5. The van der Waals surface area contributed by atoms with E-state index in [0.29, 0.717) is 19.6 Å². The van der Waals surface area contributed by atoms with Crippen LogP contribution < -0.4 is 5.32 Å². The molecule has 3 rings (SSSR count). The van der Waals surface area contributed by atoms with Crippen LogP contribution in [0.3, 0.4) is 0 Å². The van der Waals surface area contributed by atoms with E-state index in [1.54, 1.807) is 11.3 Å². The van der Waals surface area contributed by atoms with Crippen LogP contribution in [0.15, 0.2) is 29.6 Å². The number of benzene rings is 1. The van der Waals surface area contributed by atoms with E-state index in [9.17, 15) is 4.79 Å². The highest BCUT2D eigenvalue weighted by molar-refractivity contribution is 7.13. The van der Waals surface area contributed by atoms with E-state index < -0.39 is 0 Å². The van der Waals surface area contributed by atoms with Crippen LogP contribution in [0.2, 0.25) is 0 Å². The largest absolute Gasteiger partial charge is 0.379 e. The van der Waals surface area contributed by atoms with Crippen LogP contribution >= 0.6 is 11.3 Å². The molecule has 1 aromatic heterocycles. The number of carbonyl (C=O) groups excluding carboxylic acids is 1. The maximum atomic E-state index is 12.1. The van der Waals surface area contributed by atoms with Gasteiger partial charge in [0.1, 0.15) is 5.01 Å². The van der Waals surface area contributed by atoms with E-state index in [1.165, 1.54) is 5.56 Å². The molecule has 164 valence electrons. The highest BCUT2D eigenvalue weighted by Crippen LogP contribution is 2.24. The number of hydrogen-bond donors (Lipinski definition) is 1. The van der Waals surface area contributed by atoms with Crippen LogP contribution in [0, 0.1) is 0 Å². The van der Waals surface area contributed by atoms with Gasteiger partial charge in [0.15, 0.2) is 0 Å². The number of nitrogens with one attached hydrogen (secondary N) is 1. The number of amides is 1. The molecule has 6 nitrogen and oxygen atoms in total. The Morgan fingerprint density at radius 3 is 2.63 bits per heavy atom. The smallest absolute Gasteiger partial charge is 0.226 e. The number of thiazole rings is 1. The minimum atomic E-state index is 0.0129. The Kier molecular flexibility index (Phi) is 8.81. The van der Waals surface area contributed by atoms with Crippen LogP contribution in [0.5, 0.6) is 0 Å². The summed E-state index contributed by atoms with van der Waals surface area (Å²) in [6.45, 7) is 10.9. The summed E-state index contributed by atoms with van der Waals surface area (Å²) in [5.41, 5.74) is 3.27. The zero-order valence-electron chi connectivity index (χ0n) is 18.4. The lowest BCUT2D eigenvalue weighted by Crippen LogP contribution is -2.43. The zero-order valence-corrected chi connectivity index (χ0v) is 19.2. The molecule has 2 aromatic rings. The number of hydrogen-bond acceptors (Lipinski definition) is 6. The van der Waals surface area contributed by atoms with Crippen molar-refractivity contribution in [3.63, 3.8) is 0 Å². The standard InChI is InChI=1S/C23H34N4O2S/c1-18(2)29-14-4-9-24-22(28)15-21-17-30-23(25-21)20-7-5-19(6-8-20)16-27-12-10-26(3)11-13-27/h5-8,17-18H,4,9-16H2,1-3H3,(H,24,28). The lowest BCUT2D eigenvalue weighted by molar-refractivity contribution is -0.120. The van der Waals surface area contributed by atoms with Crippen LogP contribution in [0.4, 0.5) is 0 Å². The Balaban J connectivity index is 1.44. The predicted molar refractivity (Wildman–Crippen MR) is 123 cm³/mol. The molecule has 1 aliphatic rings. The number of aromatic nitrogens is 1. The fourth-order valence-electron chi connectivity index (χ4n) is 3.38. The topological polar surface area (TPSA) is 57.7 Å². The fourth-order valence-corrected chi connectivity index (χ4v) is 4.21. The minimum Gasteiger partial charge on any atom is -0.379 e. The van der Waals surface area contributed by atoms with E-state index in [2.05, 4.69) is 51.4 Å². The Labute approximate surface area is 184 Å². The molecule has 1 N–H and O–H groups in total. The Hall–Kier alpha value is -1.80. The molecule has 1 aromatic carbocycles. The molecular weight excluding hydrogens is 396 g/mol. The number of ether oxygens (including phenoxy) is 1. The average molecular weight is 431 g/mol. The van der Waals surface area contributed by atoms with Crippen molar-refractivity contribution in [2.45, 2.75) is 39.3 Å². The monoisotopic (exact) mass is 430 g/mol. The van der Waals surface area contributed by atoms with E-state index in [4.69, 9.17) is 4.74 Å². The summed E-state index contributed by atoms with van der Waals surface area (Å²) in [4.78, 5) is 21.7. The Morgan fingerprint density at radius 2 is 1.93 bits per heavy atom.